The van der Waals surface area contributed by atoms with Crippen molar-refractivity contribution in [3.63, 3.8) is 0 Å². The minimum Gasteiger partial charge on any atom is -0.481 e. The minimum absolute atomic E-state index is 0.0765. The monoisotopic (exact) mass is 251 g/mol. The average molecular weight is 251 g/mol. The highest BCUT2D eigenvalue weighted by Gasteiger charge is 2.19. The summed E-state index contributed by atoms with van der Waals surface area (Å²) in [5, 5.41) is 11.6. The number of nitrogens with one attached hydrogen (secondary N) is 1. The zero-order valence-corrected chi connectivity index (χ0v) is 10.1. The Labute approximate surface area is 105 Å². The lowest BCUT2D eigenvalue weighted by atomic mass is 10.2. The molecule has 2 heterocycles. The minimum atomic E-state index is -0.778. The SMILES string of the molecule is O=C(O)CCCNc1cc(C2CCCO2)ncn1. The Morgan fingerprint density at radius 1 is 1.56 bits per heavy atom. The molecule has 1 atom stereocenters. The molecule has 1 aromatic heterocycles. The maximum absolute atomic E-state index is 10.4. The number of nitrogens with zero attached hydrogens (tertiary/aromatic N) is 2. The number of ether oxygens (including phenoxy) is 1. The van der Waals surface area contributed by atoms with Gasteiger partial charge in [-0.3, -0.25) is 4.79 Å². The third kappa shape index (κ3) is 3.66. The van der Waals surface area contributed by atoms with Gasteiger partial charge in [-0.1, -0.05) is 0 Å². The number of hydrogen-bond acceptors (Lipinski definition) is 5. The van der Waals surface area contributed by atoms with Gasteiger partial charge in [0.25, 0.3) is 0 Å². The van der Waals surface area contributed by atoms with E-state index in [4.69, 9.17) is 9.84 Å². The van der Waals surface area contributed by atoms with Crippen LogP contribution in [0.5, 0.6) is 0 Å². The molecule has 1 aliphatic rings. The Morgan fingerprint density at radius 2 is 2.44 bits per heavy atom. The van der Waals surface area contributed by atoms with E-state index in [1.807, 2.05) is 6.07 Å². The molecule has 1 fully saturated rings. The lowest BCUT2D eigenvalue weighted by Crippen LogP contribution is -2.08. The molecular weight excluding hydrogens is 234 g/mol. The molecule has 0 saturated carbocycles. The highest BCUT2D eigenvalue weighted by Crippen LogP contribution is 2.27. The second-order valence-electron chi connectivity index (χ2n) is 4.25. The molecular formula is C12H17N3O3. The first-order valence-corrected chi connectivity index (χ1v) is 6.15. The van der Waals surface area contributed by atoms with Crippen molar-refractivity contribution in [2.45, 2.75) is 31.8 Å². The largest absolute Gasteiger partial charge is 0.481 e. The van der Waals surface area contributed by atoms with Crippen LogP contribution in [0.15, 0.2) is 12.4 Å². The highest BCUT2D eigenvalue weighted by atomic mass is 16.5. The van der Waals surface area contributed by atoms with E-state index in [-0.39, 0.29) is 12.5 Å². The molecule has 1 aliphatic heterocycles. The summed E-state index contributed by atoms with van der Waals surface area (Å²) in [6.07, 6.45) is 4.39. The summed E-state index contributed by atoms with van der Waals surface area (Å²) in [5.41, 5.74) is 0.892. The van der Waals surface area contributed by atoms with Gasteiger partial charge < -0.3 is 15.2 Å². The Morgan fingerprint density at radius 3 is 3.17 bits per heavy atom. The van der Waals surface area contributed by atoms with Crippen molar-refractivity contribution >= 4 is 11.8 Å². The van der Waals surface area contributed by atoms with E-state index >= 15 is 0 Å². The molecule has 18 heavy (non-hydrogen) atoms. The van der Waals surface area contributed by atoms with Crippen LogP contribution in [0.1, 0.15) is 37.5 Å². The number of carboxylic acids is 1. The summed E-state index contributed by atoms with van der Waals surface area (Å²) >= 11 is 0. The van der Waals surface area contributed by atoms with Gasteiger partial charge >= 0.3 is 5.97 Å². The normalized spacial score (nSPS) is 18.8. The van der Waals surface area contributed by atoms with Crippen LogP contribution in [0.25, 0.3) is 0 Å². The van der Waals surface area contributed by atoms with Gasteiger partial charge in [0, 0.05) is 25.6 Å². The zero-order valence-electron chi connectivity index (χ0n) is 10.1. The van der Waals surface area contributed by atoms with Gasteiger partial charge in [0.05, 0.1) is 11.8 Å². The van der Waals surface area contributed by atoms with Gasteiger partial charge in [0.1, 0.15) is 12.1 Å². The lowest BCUT2D eigenvalue weighted by molar-refractivity contribution is -0.137. The predicted molar refractivity (Wildman–Crippen MR) is 65.3 cm³/mol. The highest BCUT2D eigenvalue weighted by molar-refractivity contribution is 5.66. The summed E-state index contributed by atoms with van der Waals surface area (Å²) in [5.74, 6) is -0.0552. The Balaban J connectivity index is 1.85. The lowest BCUT2D eigenvalue weighted by Gasteiger charge is -2.10. The van der Waals surface area contributed by atoms with E-state index < -0.39 is 5.97 Å². The Kier molecular flexibility index (Phi) is 4.46. The Bertz CT molecular complexity index is 405. The van der Waals surface area contributed by atoms with Gasteiger partial charge in [-0.15, -0.1) is 0 Å². The van der Waals surface area contributed by atoms with Crippen LogP contribution < -0.4 is 5.32 Å². The van der Waals surface area contributed by atoms with E-state index in [1.165, 1.54) is 6.33 Å². The first-order chi connectivity index (χ1) is 8.75. The third-order valence-corrected chi connectivity index (χ3v) is 2.82. The Hall–Kier alpha value is -1.69. The van der Waals surface area contributed by atoms with Crippen LogP contribution in [-0.4, -0.2) is 34.2 Å². The second kappa shape index (κ2) is 6.30. The fraction of sp³-hybridized carbons (Fsp3) is 0.583. The van der Waals surface area contributed by atoms with E-state index in [2.05, 4.69) is 15.3 Å². The average Bonchev–Trinajstić information content (AvgIpc) is 2.89. The molecule has 1 unspecified atom stereocenters. The van der Waals surface area contributed by atoms with Crippen LogP contribution in [-0.2, 0) is 9.53 Å². The molecule has 1 saturated heterocycles. The van der Waals surface area contributed by atoms with Crippen molar-refractivity contribution in [3.05, 3.63) is 18.1 Å². The van der Waals surface area contributed by atoms with Crippen molar-refractivity contribution in [2.24, 2.45) is 0 Å². The van der Waals surface area contributed by atoms with Crippen molar-refractivity contribution in [1.82, 2.24) is 9.97 Å². The van der Waals surface area contributed by atoms with E-state index in [0.717, 1.165) is 31.0 Å². The number of rotatable bonds is 6. The molecule has 2 rings (SSSR count). The van der Waals surface area contributed by atoms with Gasteiger partial charge in [-0.05, 0) is 19.3 Å². The smallest absolute Gasteiger partial charge is 0.303 e. The van der Waals surface area contributed by atoms with Crippen LogP contribution in [0.3, 0.4) is 0 Å². The molecule has 1 aromatic rings. The summed E-state index contributed by atoms with van der Waals surface area (Å²) in [4.78, 5) is 18.7. The summed E-state index contributed by atoms with van der Waals surface area (Å²) in [6.45, 7) is 1.38. The van der Waals surface area contributed by atoms with Crippen molar-refractivity contribution in [1.29, 1.82) is 0 Å². The molecule has 6 heteroatoms. The molecule has 0 aliphatic carbocycles. The molecule has 6 nitrogen and oxygen atoms in total. The third-order valence-electron chi connectivity index (χ3n) is 2.82. The zero-order chi connectivity index (χ0) is 12.8. The van der Waals surface area contributed by atoms with Crippen molar-refractivity contribution in [2.75, 3.05) is 18.5 Å². The molecule has 0 amide bonds. The van der Waals surface area contributed by atoms with E-state index in [0.29, 0.717) is 13.0 Å². The van der Waals surface area contributed by atoms with Gasteiger partial charge in [0.2, 0.25) is 0 Å². The number of carbonyl (C=O) groups is 1. The number of aliphatic carboxylic acids is 1. The number of aromatic nitrogens is 2. The molecule has 98 valence electrons. The number of hydrogen-bond donors (Lipinski definition) is 2. The van der Waals surface area contributed by atoms with Crippen molar-refractivity contribution < 1.29 is 14.6 Å². The fourth-order valence-corrected chi connectivity index (χ4v) is 1.91. The maximum atomic E-state index is 10.4. The summed E-state index contributed by atoms with van der Waals surface area (Å²) in [6, 6.07) is 1.87. The molecule has 0 spiro atoms. The summed E-state index contributed by atoms with van der Waals surface area (Å²) < 4.78 is 5.56. The van der Waals surface area contributed by atoms with Crippen LogP contribution in [0.2, 0.25) is 0 Å². The van der Waals surface area contributed by atoms with E-state index in [1.54, 1.807) is 0 Å². The van der Waals surface area contributed by atoms with Crippen LogP contribution in [0, 0.1) is 0 Å². The van der Waals surface area contributed by atoms with E-state index in [9.17, 15) is 4.79 Å². The van der Waals surface area contributed by atoms with Gasteiger partial charge in [-0.25, -0.2) is 9.97 Å². The molecule has 0 aromatic carbocycles. The number of anilines is 1. The van der Waals surface area contributed by atoms with Crippen molar-refractivity contribution in [3.8, 4) is 0 Å². The standard InChI is InChI=1S/C12H17N3O3/c16-12(17)4-1-5-13-11-7-9(14-8-15-11)10-3-2-6-18-10/h7-8,10H,1-6H2,(H,16,17)(H,13,14,15). The fourth-order valence-electron chi connectivity index (χ4n) is 1.91. The summed E-state index contributed by atoms with van der Waals surface area (Å²) in [7, 11) is 0. The molecule has 0 bridgehead atoms. The quantitative estimate of drug-likeness (QED) is 0.747. The molecule has 2 N–H and O–H groups in total. The first kappa shape index (κ1) is 12.8. The van der Waals surface area contributed by atoms with Gasteiger partial charge in [-0.2, -0.15) is 0 Å². The van der Waals surface area contributed by atoms with Gasteiger partial charge in [0.15, 0.2) is 0 Å². The van der Waals surface area contributed by atoms with Crippen LogP contribution >= 0.6 is 0 Å². The molecule has 0 radical (unpaired) electrons. The maximum Gasteiger partial charge on any atom is 0.303 e. The first-order valence-electron chi connectivity index (χ1n) is 6.15. The number of carboxylic acid groups (broad SMARTS) is 1. The predicted octanol–water partition coefficient (Wildman–Crippen LogP) is 1.60. The van der Waals surface area contributed by atoms with Crippen LogP contribution in [0.4, 0.5) is 5.82 Å². The topological polar surface area (TPSA) is 84.3 Å². The second-order valence-corrected chi connectivity index (χ2v) is 4.25.